The van der Waals surface area contributed by atoms with E-state index in [1.165, 1.54) is 6.33 Å². The van der Waals surface area contributed by atoms with Crippen LogP contribution in [0.25, 0.3) is 33.4 Å². The molecule has 31 heavy (non-hydrogen) atoms. The Bertz CT molecular complexity index is 1270. The second-order valence-electron chi connectivity index (χ2n) is 7.82. The van der Waals surface area contributed by atoms with Crippen molar-refractivity contribution < 1.29 is 9.90 Å². The highest BCUT2D eigenvalue weighted by atomic mass is 16.4. The second-order valence-corrected chi connectivity index (χ2v) is 7.82. The van der Waals surface area contributed by atoms with Crippen molar-refractivity contribution in [1.29, 1.82) is 0 Å². The molecular weight excluding hydrogens is 390 g/mol. The maximum Gasteiger partial charge on any atom is 0.405 e. The van der Waals surface area contributed by atoms with Crippen LogP contribution >= 0.6 is 0 Å². The third kappa shape index (κ3) is 3.34. The summed E-state index contributed by atoms with van der Waals surface area (Å²) in [4.78, 5) is 24.5. The predicted molar refractivity (Wildman–Crippen MR) is 119 cm³/mol. The van der Waals surface area contributed by atoms with Gasteiger partial charge in [-0.05, 0) is 36.5 Å². The summed E-state index contributed by atoms with van der Waals surface area (Å²) in [6, 6.07) is 19.9. The van der Waals surface area contributed by atoms with Crippen LogP contribution in [0.5, 0.6) is 0 Å². The van der Waals surface area contributed by atoms with E-state index in [0.29, 0.717) is 16.9 Å². The smallest absolute Gasteiger partial charge is 0.405 e. The lowest BCUT2D eigenvalue weighted by molar-refractivity contribution is 0.144. The van der Waals surface area contributed by atoms with Gasteiger partial charge in [-0.15, -0.1) is 0 Å². The molecule has 2 aromatic heterocycles. The van der Waals surface area contributed by atoms with Crippen LogP contribution in [0.1, 0.15) is 24.8 Å². The maximum absolute atomic E-state index is 11.3. The molecule has 1 aliphatic carbocycles. The Morgan fingerprint density at radius 3 is 2.39 bits per heavy atom. The van der Waals surface area contributed by atoms with E-state index in [2.05, 4.69) is 15.3 Å². The summed E-state index contributed by atoms with van der Waals surface area (Å²) in [7, 11) is 0. The van der Waals surface area contributed by atoms with Crippen LogP contribution in [-0.4, -0.2) is 26.2 Å². The van der Waals surface area contributed by atoms with Crippen LogP contribution in [0.4, 0.5) is 10.6 Å². The van der Waals surface area contributed by atoms with Gasteiger partial charge in [0.25, 0.3) is 0 Å². The first-order valence-corrected chi connectivity index (χ1v) is 10.1. The van der Waals surface area contributed by atoms with Crippen molar-refractivity contribution in [1.82, 2.24) is 20.3 Å². The summed E-state index contributed by atoms with van der Waals surface area (Å²) in [5.74, 6) is 0.392. The normalized spacial score (nSPS) is 14.7. The molecule has 1 saturated carbocycles. The van der Waals surface area contributed by atoms with E-state index in [0.717, 1.165) is 47.2 Å². The van der Waals surface area contributed by atoms with E-state index in [4.69, 9.17) is 10.7 Å². The lowest BCUT2D eigenvalue weighted by Crippen LogP contribution is -2.50. The van der Waals surface area contributed by atoms with Crippen molar-refractivity contribution in [3.8, 4) is 22.4 Å². The third-order valence-electron chi connectivity index (χ3n) is 6.00. The van der Waals surface area contributed by atoms with Gasteiger partial charge < -0.3 is 16.2 Å². The fourth-order valence-corrected chi connectivity index (χ4v) is 4.23. The standard InChI is InChI=1S/C24H21N5O2/c25-21-19-13-18(15-5-2-1-3-6-15)20(28-22(19)27-14-26-21)16-7-9-17(10-8-16)24(11-4-12-24)29-23(30)31/h1-3,5-10,13-14,29H,4,11-12H2,(H,30,31)(H2,25,26,27,28). The second kappa shape index (κ2) is 7.36. The van der Waals surface area contributed by atoms with Gasteiger partial charge in [-0.3, -0.25) is 0 Å². The molecule has 0 bridgehead atoms. The van der Waals surface area contributed by atoms with Crippen molar-refractivity contribution >= 4 is 22.9 Å². The average Bonchev–Trinajstić information content (AvgIpc) is 2.76. The van der Waals surface area contributed by atoms with Crippen LogP contribution in [0.15, 0.2) is 67.0 Å². The number of amides is 1. The number of fused-ring (bicyclic) bond motifs is 1. The number of aromatic nitrogens is 3. The zero-order valence-corrected chi connectivity index (χ0v) is 16.7. The van der Waals surface area contributed by atoms with Gasteiger partial charge >= 0.3 is 6.09 Å². The number of nitrogen functional groups attached to an aromatic ring is 1. The van der Waals surface area contributed by atoms with Crippen LogP contribution in [-0.2, 0) is 5.54 Å². The largest absolute Gasteiger partial charge is 0.465 e. The number of nitrogens with one attached hydrogen (secondary N) is 1. The molecule has 0 unspecified atom stereocenters. The highest BCUT2D eigenvalue weighted by Gasteiger charge is 2.40. The Kier molecular flexibility index (Phi) is 4.51. The number of nitrogens with zero attached hydrogens (tertiary/aromatic N) is 3. The zero-order chi connectivity index (χ0) is 21.4. The molecule has 0 saturated heterocycles. The summed E-state index contributed by atoms with van der Waals surface area (Å²) in [5.41, 5.74) is 10.7. The minimum atomic E-state index is -0.997. The van der Waals surface area contributed by atoms with Crippen LogP contribution < -0.4 is 11.1 Å². The summed E-state index contributed by atoms with van der Waals surface area (Å²) < 4.78 is 0. The molecule has 1 amide bonds. The van der Waals surface area contributed by atoms with Gasteiger partial charge in [0, 0.05) is 11.1 Å². The fourth-order valence-electron chi connectivity index (χ4n) is 4.23. The maximum atomic E-state index is 11.3. The number of anilines is 1. The van der Waals surface area contributed by atoms with Crippen molar-refractivity contribution in [2.75, 3.05) is 5.73 Å². The Labute approximate surface area is 179 Å². The lowest BCUT2D eigenvalue weighted by Gasteiger charge is -2.42. The predicted octanol–water partition coefficient (Wildman–Crippen LogP) is 4.59. The summed E-state index contributed by atoms with van der Waals surface area (Å²) in [6.07, 6.45) is 3.03. The fraction of sp³-hybridized carbons (Fsp3) is 0.167. The monoisotopic (exact) mass is 411 g/mol. The van der Waals surface area contributed by atoms with E-state index in [-0.39, 0.29) is 0 Å². The number of rotatable bonds is 4. The number of benzene rings is 2. The zero-order valence-electron chi connectivity index (χ0n) is 16.7. The number of carbonyl (C=O) groups is 1. The number of carboxylic acid groups (broad SMARTS) is 1. The van der Waals surface area contributed by atoms with Gasteiger partial charge in [-0.1, -0.05) is 54.6 Å². The molecule has 2 aromatic carbocycles. The molecule has 5 rings (SSSR count). The summed E-state index contributed by atoms with van der Waals surface area (Å²) >= 11 is 0. The van der Waals surface area contributed by atoms with Gasteiger partial charge in [-0.25, -0.2) is 19.7 Å². The van der Waals surface area contributed by atoms with E-state index >= 15 is 0 Å². The van der Waals surface area contributed by atoms with Gasteiger partial charge in [-0.2, -0.15) is 0 Å². The Morgan fingerprint density at radius 1 is 1.00 bits per heavy atom. The number of pyridine rings is 1. The SMILES string of the molecule is Nc1ncnc2nc(-c3ccc(C4(NC(=O)O)CCC4)cc3)c(-c3ccccc3)cc12. The molecule has 1 aliphatic rings. The number of nitrogens with two attached hydrogens (primary N) is 1. The van der Waals surface area contributed by atoms with Crippen molar-refractivity contribution in [2.24, 2.45) is 0 Å². The molecule has 0 aliphatic heterocycles. The van der Waals surface area contributed by atoms with Gasteiger partial charge in [0.1, 0.15) is 12.1 Å². The molecule has 0 radical (unpaired) electrons. The van der Waals surface area contributed by atoms with Crippen LogP contribution in [0.3, 0.4) is 0 Å². The molecule has 4 aromatic rings. The van der Waals surface area contributed by atoms with E-state index in [9.17, 15) is 9.90 Å². The molecule has 0 spiro atoms. The average molecular weight is 411 g/mol. The molecule has 2 heterocycles. The van der Waals surface area contributed by atoms with Crippen molar-refractivity contribution in [3.05, 3.63) is 72.6 Å². The lowest BCUT2D eigenvalue weighted by atomic mass is 9.71. The quantitative estimate of drug-likeness (QED) is 0.453. The van der Waals surface area contributed by atoms with Gasteiger partial charge in [0.05, 0.1) is 16.6 Å². The molecular formula is C24H21N5O2. The van der Waals surface area contributed by atoms with Gasteiger partial charge in [0.15, 0.2) is 5.65 Å². The first-order valence-electron chi connectivity index (χ1n) is 10.1. The van der Waals surface area contributed by atoms with Crippen LogP contribution in [0.2, 0.25) is 0 Å². The minimum absolute atomic E-state index is 0.392. The Balaban J connectivity index is 1.63. The molecule has 1 fully saturated rings. The first-order chi connectivity index (χ1) is 15.1. The Morgan fingerprint density at radius 2 is 1.74 bits per heavy atom. The molecule has 7 heteroatoms. The summed E-state index contributed by atoms with van der Waals surface area (Å²) in [5, 5.41) is 12.7. The molecule has 7 nitrogen and oxygen atoms in total. The number of hydrogen-bond donors (Lipinski definition) is 3. The van der Waals surface area contributed by atoms with Crippen molar-refractivity contribution in [3.63, 3.8) is 0 Å². The molecule has 154 valence electrons. The van der Waals surface area contributed by atoms with E-state index in [1.807, 2.05) is 60.7 Å². The van der Waals surface area contributed by atoms with Crippen molar-refractivity contribution in [2.45, 2.75) is 24.8 Å². The highest BCUT2D eigenvalue weighted by molar-refractivity contribution is 5.94. The molecule has 4 N–H and O–H groups in total. The van der Waals surface area contributed by atoms with E-state index in [1.54, 1.807) is 0 Å². The summed E-state index contributed by atoms with van der Waals surface area (Å²) in [6.45, 7) is 0. The van der Waals surface area contributed by atoms with Gasteiger partial charge in [0.2, 0.25) is 0 Å². The minimum Gasteiger partial charge on any atom is -0.465 e. The van der Waals surface area contributed by atoms with Crippen LogP contribution in [0, 0.1) is 0 Å². The first kappa shape index (κ1) is 19.0. The number of hydrogen-bond acceptors (Lipinski definition) is 5. The van der Waals surface area contributed by atoms with E-state index < -0.39 is 11.6 Å². The topological polar surface area (TPSA) is 114 Å². The highest BCUT2D eigenvalue weighted by Crippen LogP contribution is 2.42. The molecule has 0 atom stereocenters. The Hall–Kier alpha value is -4.00. The third-order valence-corrected chi connectivity index (χ3v) is 6.00.